The predicted molar refractivity (Wildman–Crippen MR) is 80.6 cm³/mol. The molecule has 3 heteroatoms. The van der Waals surface area contributed by atoms with E-state index in [2.05, 4.69) is 42.4 Å². The topological polar surface area (TPSA) is 12.9 Å². The highest BCUT2D eigenvalue weighted by atomic mass is 32.2. The average Bonchev–Trinajstić information content (AvgIpc) is 2.76. The largest absolute Gasteiger partial charge is 0.237 e. The minimum atomic E-state index is 1.11. The second-order valence-corrected chi connectivity index (χ2v) is 5.93. The van der Waals surface area contributed by atoms with Gasteiger partial charge in [0.25, 0.3) is 0 Å². The molecular weight excluding hydrogens is 246 g/mol. The number of hydrogen-bond acceptors (Lipinski definition) is 3. The molecule has 17 heavy (non-hydrogen) atoms. The van der Waals surface area contributed by atoms with Crippen LogP contribution in [0.5, 0.6) is 0 Å². The Morgan fingerprint density at radius 1 is 1.41 bits per heavy atom. The van der Waals surface area contributed by atoms with Crippen molar-refractivity contribution in [3.8, 4) is 0 Å². The SMILES string of the molecule is CCCC/C(=C\c1nc2ccccc2s1)SC. The fourth-order valence-electron chi connectivity index (χ4n) is 1.67. The molecule has 90 valence electrons. The molecule has 0 aliphatic carbocycles. The molecule has 2 rings (SSSR count). The van der Waals surface area contributed by atoms with Crippen LogP contribution in [0, 0.1) is 0 Å². The Kier molecular flexibility index (Phi) is 4.63. The Balaban J connectivity index is 2.23. The standard InChI is InChI=1S/C14H17NS2/c1-3-4-7-11(16-2)10-14-15-12-8-5-6-9-13(12)17-14/h5-6,8-10H,3-4,7H2,1-2H3/b11-10+. The van der Waals surface area contributed by atoms with Gasteiger partial charge in [-0.3, -0.25) is 0 Å². The Bertz CT molecular complexity index is 481. The first-order chi connectivity index (χ1) is 8.33. The van der Waals surface area contributed by atoms with Gasteiger partial charge in [0.05, 0.1) is 10.2 Å². The smallest absolute Gasteiger partial charge is 0.118 e. The number of hydrogen-bond donors (Lipinski definition) is 0. The zero-order chi connectivity index (χ0) is 12.1. The highest BCUT2D eigenvalue weighted by molar-refractivity contribution is 8.02. The van der Waals surface area contributed by atoms with Crippen molar-refractivity contribution >= 4 is 39.4 Å². The van der Waals surface area contributed by atoms with Crippen LogP contribution in [0.15, 0.2) is 29.2 Å². The summed E-state index contributed by atoms with van der Waals surface area (Å²) in [5.41, 5.74) is 1.11. The molecule has 0 saturated heterocycles. The normalized spacial score (nSPS) is 12.2. The number of fused-ring (bicyclic) bond motifs is 1. The van der Waals surface area contributed by atoms with E-state index in [-0.39, 0.29) is 0 Å². The molecule has 0 aliphatic rings. The molecule has 0 saturated carbocycles. The van der Waals surface area contributed by atoms with Gasteiger partial charge >= 0.3 is 0 Å². The van der Waals surface area contributed by atoms with Crippen molar-refractivity contribution in [2.75, 3.05) is 6.26 Å². The summed E-state index contributed by atoms with van der Waals surface area (Å²) in [7, 11) is 0. The number of aromatic nitrogens is 1. The summed E-state index contributed by atoms with van der Waals surface area (Å²) in [6.45, 7) is 2.23. The summed E-state index contributed by atoms with van der Waals surface area (Å²) in [5, 5.41) is 1.13. The zero-order valence-corrected chi connectivity index (χ0v) is 11.9. The van der Waals surface area contributed by atoms with E-state index in [9.17, 15) is 0 Å². The average molecular weight is 263 g/mol. The lowest BCUT2D eigenvalue weighted by Gasteiger charge is -2.00. The van der Waals surface area contributed by atoms with Gasteiger partial charge in [0.1, 0.15) is 5.01 Å². The second-order valence-electron chi connectivity index (χ2n) is 3.94. The number of rotatable bonds is 5. The van der Waals surface area contributed by atoms with E-state index < -0.39 is 0 Å². The number of benzene rings is 1. The van der Waals surface area contributed by atoms with Crippen LogP contribution in [0.1, 0.15) is 31.2 Å². The maximum absolute atomic E-state index is 4.64. The van der Waals surface area contributed by atoms with Crippen LogP contribution in [0.25, 0.3) is 16.3 Å². The summed E-state index contributed by atoms with van der Waals surface area (Å²) < 4.78 is 1.27. The molecule has 0 atom stereocenters. The summed E-state index contributed by atoms with van der Waals surface area (Å²) in [6.07, 6.45) is 8.07. The fraction of sp³-hybridized carbons (Fsp3) is 0.357. The quantitative estimate of drug-likeness (QED) is 0.736. The predicted octanol–water partition coefficient (Wildman–Crippen LogP) is 5.19. The molecule has 0 unspecified atom stereocenters. The van der Waals surface area contributed by atoms with Gasteiger partial charge in [-0.2, -0.15) is 0 Å². The number of nitrogens with zero attached hydrogens (tertiary/aromatic N) is 1. The summed E-state index contributed by atoms with van der Waals surface area (Å²) in [5.74, 6) is 0. The van der Waals surface area contributed by atoms with Gasteiger partial charge < -0.3 is 0 Å². The third-order valence-electron chi connectivity index (χ3n) is 2.63. The first-order valence-electron chi connectivity index (χ1n) is 5.93. The molecule has 0 amide bonds. The number of thioether (sulfide) groups is 1. The van der Waals surface area contributed by atoms with Crippen LogP contribution in [-0.2, 0) is 0 Å². The lowest BCUT2D eigenvalue weighted by Crippen LogP contribution is -1.78. The summed E-state index contributed by atoms with van der Waals surface area (Å²) in [4.78, 5) is 6.07. The van der Waals surface area contributed by atoms with Gasteiger partial charge in [0.2, 0.25) is 0 Å². The van der Waals surface area contributed by atoms with Crippen molar-refractivity contribution in [2.45, 2.75) is 26.2 Å². The lowest BCUT2D eigenvalue weighted by molar-refractivity contribution is 0.811. The van der Waals surface area contributed by atoms with Crippen molar-refractivity contribution in [1.82, 2.24) is 4.98 Å². The monoisotopic (exact) mass is 263 g/mol. The van der Waals surface area contributed by atoms with Gasteiger partial charge in [-0.05, 0) is 42.2 Å². The first-order valence-corrected chi connectivity index (χ1v) is 7.97. The van der Waals surface area contributed by atoms with E-state index in [1.165, 1.54) is 28.9 Å². The van der Waals surface area contributed by atoms with Gasteiger partial charge in [0.15, 0.2) is 0 Å². The molecule has 0 radical (unpaired) electrons. The summed E-state index contributed by atoms with van der Waals surface area (Å²) in [6, 6.07) is 8.33. The molecule has 0 aliphatic heterocycles. The summed E-state index contributed by atoms with van der Waals surface area (Å²) >= 11 is 3.62. The van der Waals surface area contributed by atoms with Gasteiger partial charge in [0, 0.05) is 0 Å². The van der Waals surface area contributed by atoms with Crippen LogP contribution in [0.2, 0.25) is 0 Å². The second kappa shape index (κ2) is 6.22. The number of para-hydroxylation sites is 1. The Labute approximate surface area is 111 Å². The first kappa shape index (κ1) is 12.7. The minimum absolute atomic E-state index is 1.11. The molecule has 2 aromatic rings. The van der Waals surface area contributed by atoms with E-state index in [1.54, 1.807) is 11.3 Å². The molecule has 1 heterocycles. The van der Waals surface area contributed by atoms with Crippen molar-refractivity contribution < 1.29 is 0 Å². The van der Waals surface area contributed by atoms with E-state index >= 15 is 0 Å². The molecule has 1 nitrogen and oxygen atoms in total. The lowest BCUT2D eigenvalue weighted by atomic mass is 10.2. The minimum Gasteiger partial charge on any atom is -0.237 e. The van der Waals surface area contributed by atoms with Crippen LogP contribution in [0.4, 0.5) is 0 Å². The number of allylic oxidation sites excluding steroid dienone is 1. The van der Waals surface area contributed by atoms with Crippen LogP contribution < -0.4 is 0 Å². The molecule has 0 spiro atoms. The van der Waals surface area contributed by atoms with E-state index in [4.69, 9.17) is 0 Å². The fourth-order valence-corrected chi connectivity index (χ4v) is 3.26. The zero-order valence-electron chi connectivity index (χ0n) is 10.3. The van der Waals surface area contributed by atoms with Crippen LogP contribution >= 0.6 is 23.1 Å². The molecular formula is C14H17NS2. The van der Waals surface area contributed by atoms with Gasteiger partial charge in [-0.15, -0.1) is 23.1 Å². The van der Waals surface area contributed by atoms with Crippen molar-refractivity contribution in [2.24, 2.45) is 0 Å². The molecule has 1 aromatic heterocycles. The number of thiazole rings is 1. The van der Waals surface area contributed by atoms with Gasteiger partial charge in [-0.25, -0.2) is 4.98 Å². The van der Waals surface area contributed by atoms with Crippen molar-refractivity contribution in [1.29, 1.82) is 0 Å². The Hall–Kier alpha value is -0.800. The van der Waals surface area contributed by atoms with Crippen LogP contribution in [0.3, 0.4) is 0 Å². The van der Waals surface area contributed by atoms with E-state index in [0.29, 0.717) is 0 Å². The highest BCUT2D eigenvalue weighted by Crippen LogP contribution is 2.27. The van der Waals surface area contributed by atoms with E-state index in [0.717, 1.165) is 10.5 Å². The van der Waals surface area contributed by atoms with E-state index in [1.807, 2.05) is 17.8 Å². The van der Waals surface area contributed by atoms with Crippen LogP contribution in [-0.4, -0.2) is 11.2 Å². The molecule has 0 bridgehead atoms. The van der Waals surface area contributed by atoms with Gasteiger partial charge in [-0.1, -0.05) is 25.5 Å². The maximum atomic E-state index is 4.64. The third-order valence-corrected chi connectivity index (χ3v) is 4.46. The molecule has 0 fully saturated rings. The molecule has 1 aromatic carbocycles. The maximum Gasteiger partial charge on any atom is 0.118 e. The number of unbranched alkanes of at least 4 members (excludes halogenated alkanes) is 1. The Morgan fingerprint density at radius 3 is 2.94 bits per heavy atom. The van der Waals surface area contributed by atoms with Crippen molar-refractivity contribution in [3.05, 3.63) is 34.2 Å². The third kappa shape index (κ3) is 3.33. The highest BCUT2D eigenvalue weighted by Gasteiger charge is 2.02. The van der Waals surface area contributed by atoms with Crippen molar-refractivity contribution in [3.63, 3.8) is 0 Å². The Morgan fingerprint density at radius 2 is 2.24 bits per heavy atom. The molecule has 0 N–H and O–H groups in total.